The number of nitrogens with one attached hydrogen (secondary N) is 1. The molecule has 0 spiro atoms. The molecular weight excluding hydrogens is 252 g/mol. The molecule has 0 aliphatic carbocycles. The Morgan fingerprint density at radius 2 is 1.95 bits per heavy atom. The zero-order chi connectivity index (χ0) is 14.3. The van der Waals surface area contributed by atoms with Crippen LogP contribution in [0.3, 0.4) is 0 Å². The Morgan fingerprint density at radius 3 is 2.47 bits per heavy atom. The maximum Gasteiger partial charge on any atom is 0.0218 e. The number of aryl methyl sites for hydroxylation is 2. The Balaban J connectivity index is 2.21. The summed E-state index contributed by atoms with van der Waals surface area (Å²) in [6.45, 7) is 15.8. The Labute approximate surface area is 123 Å². The van der Waals surface area contributed by atoms with Gasteiger partial charge < -0.3 is 10.2 Å². The van der Waals surface area contributed by atoms with Gasteiger partial charge in [-0.3, -0.25) is 0 Å². The van der Waals surface area contributed by atoms with Gasteiger partial charge in [-0.2, -0.15) is 0 Å². The summed E-state index contributed by atoms with van der Waals surface area (Å²) in [6.07, 6.45) is 2.55. The third-order valence-electron chi connectivity index (χ3n) is 3.79. The van der Waals surface area contributed by atoms with Gasteiger partial charge in [0.15, 0.2) is 0 Å². The van der Waals surface area contributed by atoms with Crippen LogP contribution < -0.4 is 5.32 Å². The van der Waals surface area contributed by atoms with Gasteiger partial charge in [-0.05, 0) is 64.9 Å². The van der Waals surface area contributed by atoms with Crippen molar-refractivity contribution in [2.45, 2.75) is 60.0 Å². The minimum atomic E-state index is 0.607. The number of thiophene rings is 1. The normalized spacial score (nSPS) is 13.2. The van der Waals surface area contributed by atoms with Crippen molar-refractivity contribution < 1.29 is 0 Å². The topological polar surface area (TPSA) is 15.3 Å². The number of nitrogens with zero attached hydrogens (tertiary/aromatic N) is 1. The lowest BCUT2D eigenvalue weighted by molar-refractivity contribution is 0.290. The van der Waals surface area contributed by atoms with Crippen molar-refractivity contribution >= 4 is 11.3 Å². The van der Waals surface area contributed by atoms with Crippen molar-refractivity contribution in [1.82, 2.24) is 10.2 Å². The van der Waals surface area contributed by atoms with Gasteiger partial charge in [0.2, 0.25) is 0 Å². The minimum absolute atomic E-state index is 0.607. The summed E-state index contributed by atoms with van der Waals surface area (Å²) in [5, 5.41) is 3.65. The van der Waals surface area contributed by atoms with Gasteiger partial charge >= 0.3 is 0 Å². The van der Waals surface area contributed by atoms with Crippen molar-refractivity contribution in [1.29, 1.82) is 0 Å². The molecule has 1 unspecified atom stereocenters. The van der Waals surface area contributed by atoms with Crippen LogP contribution >= 0.6 is 11.3 Å². The molecule has 0 radical (unpaired) electrons. The second-order valence-electron chi connectivity index (χ2n) is 5.39. The van der Waals surface area contributed by atoms with Gasteiger partial charge in [-0.15, -0.1) is 11.3 Å². The van der Waals surface area contributed by atoms with Crippen LogP contribution in [-0.4, -0.2) is 30.6 Å². The average Bonchev–Trinajstić information content (AvgIpc) is 2.70. The lowest BCUT2D eigenvalue weighted by Gasteiger charge is -2.19. The van der Waals surface area contributed by atoms with Gasteiger partial charge in [0.25, 0.3) is 0 Å². The summed E-state index contributed by atoms with van der Waals surface area (Å²) in [5.74, 6) is 0. The second-order valence-corrected chi connectivity index (χ2v) is 6.85. The summed E-state index contributed by atoms with van der Waals surface area (Å²) < 4.78 is 0. The van der Waals surface area contributed by atoms with Crippen molar-refractivity contribution in [2.75, 3.05) is 19.6 Å². The predicted molar refractivity (Wildman–Crippen MR) is 87.1 cm³/mol. The molecule has 3 heteroatoms. The van der Waals surface area contributed by atoms with E-state index in [1.54, 1.807) is 0 Å². The summed E-state index contributed by atoms with van der Waals surface area (Å²) in [5.41, 5.74) is 1.47. The van der Waals surface area contributed by atoms with Crippen LogP contribution in [0.2, 0.25) is 0 Å². The highest BCUT2D eigenvalue weighted by Crippen LogP contribution is 2.20. The standard InChI is InChI=1S/C16H30N2S/c1-6-18(7-2)10-8-9-13(3)17-12-16-11-14(4)19-15(16)5/h11,13,17H,6-10,12H2,1-5H3. The van der Waals surface area contributed by atoms with Gasteiger partial charge in [0.1, 0.15) is 0 Å². The summed E-state index contributed by atoms with van der Waals surface area (Å²) in [7, 11) is 0. The summed E-state index contributed by atoms with van der Waals surface area (Å²) >= 11 is 1.90. The molecule has 1 aromatic heterocycles. The molecule has 0 amide bonds. The molecule has 0 bridgehead atoms. The molecule has 0 fully saturated rings. The first kappa shape index (κ1) is 16.7. The molecule has 110 valence electrons. The highest BCUT2D eigenvalue weighted by atomic mass is 32.1. The van der Waals surface area contributed by atoms with Gasteiger partial charge in [-0.1, -0.05) is 13.8 Å². The first-order valence-electron chi connectivity index (χ1n) is 7.58. The second kappa shape index (κ2) is 8.72. The molecule has 1 N–H and O–H groups in total. The molecule has 2 nitrogen and oxygen atoms in total. The molecule has 0 aliphatic heterocycles. The molecule has 0 saturated heterocycles. The van der Waals surface area contributed by atoms with E-state index in [0.29, 0.717) is 6.04 Å². The third kappa shape index (κ3) is 6.07. The van der Waals surface area contributed by atoms with Crippen LogP contribution in [0.4, 0.5) is 0 Å². The van der Waals surface area contributed by atoms with Crippen molar-refractivity contribution in [3.63, 3.8) is 0 Å². The van der Waals surface area contributed by atoms with Crippen LogP contribution in [0.1, 0.15) is 48.9 Å². The first-order valence-corrected chi connectivity index (χ1v) is 8.40. The maximum absolute atomic E-state index is 3.65. The molecule has 0 aliphatic rings. The maximum atomic E-state index is 3.65. The SMILES string of the molecule is CCN(CC)CCCC(C)NCc1cc(C)sc1C. The lowest BCUT2D eigenvalue weighted by atomic mass is 10.1. The Bertz CT molecular complexity index is 356. The lowest BCUT2D eigenvalue weighted by Crippen LogP contribution is -2.28. The quantitative estimate of drug-likeness (QED) is 0.737. The molecule has 0 aromatic carbocycles. The monoisotopic (exact) mass is 282 g/mol. The van der Waals surface area contributed by atoms with E-state index in [2.05, 4.69) is 50.9 Å². The van der Waals surface area contributed by atoms with E-state index in [1.807, 2.05) is 11.3 Å². The molecule has 0 saturated carbocycles. The van der Waals surface area contributed by atoms with E-state index in [1.165, 1.54) is 47.8 Å². The van der Waals surface area contributed by atoms with Crippen molar-refractivity contribution in [2.24, 2.45) is 0 Å². The van der Waals surface area contributed by atoms with Gasteiger partial charge in [-0.25, -0.2) is 0 Å². The molecule has 1 rings (SSSR count). The highest BCUT2D eigenvalue weighted by Gasteiger charge is 2.06. The average molecular weight is 282 g/mol. The fraction of sp³-hybridized carbons (Fsp3) is 0.750. The zero-order valence-corrected chi connectivity index (χ0v) is 14.1. The van der Waals surface area contributed by atoms with E-state index >= 15 is 0 Å². The van der Waals surface area contributed by atoms with Gasteiger partial charge in [0, 0.05) is 22.3 Å². The predicted octanol–water partition coefficient (Wildman–Crippen LogP) is 3.97. The fourth-order valence-electron chi connectivity index (χ4n) is 2.41. The van der Waals surface area contributed by atoms with Crippen LogP contribution in [-0.2, 0) is 6.54 Å². The largest absolute Gasteiger partial charge is 0.310 e. The third-order valence-corrected chi connectivity index (χ3v) is 4.80. The molecule has 1 heterocycles. The van der Waals surface area contributed by atoms with Crippen LogP contribution in [0.25, 0.3) is 0 Å². The minimum Gasteiger partial charge on any atom is -0.310 e. The van der Waals surface area contributed by atoms with Crippen LogP contribution in [0.15, 0.2) is 6.07 Å². The fourth-order valence-corrected chi connectivity index (χ4v) is 3.35. The Hall–Kier alpha value is -0.380. The van der Waals surface area contributed by atoms with Crippen LogP contribution in [0.5, 0.6) is 0 Å². The molecule has 1 aromatic rings. The zero-order valence-electron chi connectivity index (χ0n) is 13.3. The molecule has 19 heavy (non-hydrogen) atoms. The van der Waals surface area contributed by atoms with E-state index in [-0.39, 0.29) is 0 Å². The smallest absolute Gasteiger partial charge is 0.0218 e. The van der Waals surface area contributed by atoms with Crippen LogP contribution in [0, 0.1) is 13.8 Å². The van der Waals surface area contributed by atoms with E-state index in [4.69, 9.17) is 0 Å². The number of rotatable bonds is 9. The number of hydrogen-bond donors (Lipinski definition) is 1. The van der Waals surface area contributed by atoms with Crippen molar-refractivity contribution in [3.8, 4) is 0 Å². The summed E-state index contributed by atoms with van der Waals surface area (Å²) in [4.78, 5) is 5.38. The van der Waals surface area contributed by atoms with Crippen molar-refractivity contribution in [3.05, 3.63) is 21.4 Å². The molecular formula is C16H30N2S. The summed E-state index contributed by atoms with van der Waals surface area (Å²) in [6, 6.07) is 2.92. The Morgan fingerprint density at radius 1 is 1.26 bits per heavy atom. The number of hydrogen-bond acceptors (Lipinski definition) is 3. The van der Waals surface area contributed by atoms with Gasteiger partial charge in [0.05, 0.1) is 0 Å². The highest BCUT2D eigenvalue weighted by molar-refractivity contribution is 7.12. The van der Waals surface area contributed by atoms with E-state index in [9.17, 15) is 0 Å². The Kier molecular flexibility index (Phi) is 7.66. The van der Waals surface area contributed by atoms with E-state index < -0.39 is 0 Å². The first-order chi connectivity index (χ1) is 9.06. The van der Waals surface area contributed by atoms with E-state index in [0.717, 1.165) is 6.54 Å². The molecule has 1 atom stereocenters.